The Labute approximate surface area is 120 Å². The van der Waals surface area contributed by atoms with E-state index in [-0.39, 0.29) is 18.1 Å². The molecule has 0 aromatic rings. The van der Waals surface area contributed by atoms with Crippen molar-refractivity contribution in [1.82, 2.24) is 5.32 Å². The Kier molecular flexibility index (Phi) is 4.29. The first-order valence-electron chi connectivity index (χ1n) is 7.99. The predicted molar refractivity (Wildman–Crippen MR) is 75.3 cm³/mol. The Morgan fingerprint density at radius 1 is 1.30 bits per heavy atom. The second kappa shape index (κ2) is 6.00. The summed E-state index contributed by atoms with van der Waals surface area (Å²) >= 11 is 0. The largest absolute Gasteiger partial charge is 0.376 e. The highest BCUT2D eigenvalue weighted by atomic mass is 16.5. The number of carbonyl (C=O) groups excluding carboxylic acids is 1. The van der Waals surface area contributed by atoms with Gasteiger partial charge in [-0.1, -0.05) is 0 Å². The summed E-state index contributed by atoms with van der Waals surface area (Å²) < 4.78 is 11.7. The summed E-state index contributed by atoms with van der Waals surface area (Å²) in [6.45, 7) is 1.51. The Hall–Kier alpha value is -0.650. The van der Waals surface area contributed by atoms with Gasteiger partial charge in [-0.3, -0.25) is 4.79 Å². The van der Waals surface area contributed by atoms with E-state index < -0.39 is 5.54 Å². The molecule has 5 heteroatoms. The lowest BCUT2D eigenvalue weighted by Gasteiger charge is -2.28. The van der Waals surface area contributed by atoms with Crippen LogP contribution in [0.2, 0.25) is 0 Å². The number of hydrogen-bond acceptors (Lipinski definition) is 4. The van der Waals surface area contributed by atoms with Gasteiger partial charge in [0.15, 0.2) is 0 Å². The molecule has 5 nitrogen and oxygen atoms in total. The molecule has 1 amide bonds. The van der Waals surface area contributed by atoms with E-state index in [4.69, 9.17) is 15.2 Å². The molecule has 0 aromatic heterocycles. The van der Waals surface area contributed by atoms with Crippen LogP contribution in [0.25, 0.3) is 0 Å². The fraction of sp³-hybridized carbons (Fsp3) is 0.933. The van der Waals surface area contributed by atoms with E-state index in [0.717, 1.165) is 45.1 Å². The van der Waals surface area contributed by atoms with E-state index in [1.54, 1.807) is 0 Å². The van der Waals surface area contributed by atoms with Gasteiger partial charge >= 0.3 is 0 Å². The van der Waals surface area contributed by atoms with Crippen LogP contribution < -0.4 is 11.1 Å². The molecule has 2 saturated carbocycles. The van der Waals surface area contributed by atoms with Crippen molar-refractivity contribution in [2.75, 3.05) is 13.2 Å². The minimum Gasteiger partial charge on any atom is -0.376 e. The van der Waals surface area contributed by atoms with Gasteiger partial charge in [0, 0.05) is 19.1 Å². The van der Waals surface area contributed by atoms with Gasteiger partial charge < -0.3 is 20.5 Å². The maximum absolute atomic E-state index is 11.8. The van der Waals surface area contributed by atoms with Gasteiger partial charge in [-0.15, -0.1) is 0 Å². The number of nitrogens with two attached hydrogens (primary N) is 1. The van der Waals surface area contributed by atoms with Crippen molar-refractivity contribution in [2.24, 2.45) is 5.73 Å². The van der Waals surface area contributed by atoms with Crippen molar-refractivity contribution in [3.05, 3.63) is 0 Å². The zero-order valence-corrected chi connectivity index (χ0v) is 12.1. The molecule has 3 aliphatic rings. The maximum atomic E-state index is 11.8. The van der Waals surface area contributed by atoms with E-state index in [2.05, 4.69) is 5.32 Å². The Bertz CT molecular complexity index is 353. The molecule has 0 bridgehead atoms. The highest BCUT2D eigenvalue weighted by molar-refractivity contribution is 5.85. The molecular weight excluding hydrogens is 256 g/mol. The number of primary amides is 1. The van der Waals surface area contributed by atoms with Crippen molar-refractivity contribution >= 4 is 5.91 Å². The van der Waals surface area contributed by atoms with E-state index in [1.807, 2.05) is 0 Å². The molecule has 3 N–H and O–H groups in total. The van der Waals surface area contributed by atoms with Crippen molar-refractivity contribution in [2.45, 2.75) is 75.2 Å². The van der Waals surface area contributed by atoms with Gasteiger partial charge in [-0.2, -0.15) is 0 Å². The van der Waals surface area contributed by atoms with E-state index in [9.17, 15) is 4.79 Å². The number of hydrogen-bond donors (Lipinski definition) is 2. The van der Waals surface area contributed by atoms with Crippen LogP contribution >= 0.6 is 0 Å². The predicted octanol–water partition coefficient (Wildman–Crippen LogP) is 1.10. The van der Waals surface area contributed by atoms with Gasteiger partial charge in [0.25, 0.3) is 0 Å². The summed E-state index contributed by atoms with van der Waals surface area (Å²) in [4.78, 5) is 11.8. The molecule has 20 heavy (non-hydrogen) atoms. The first-order chi connectivity index (χ1) is 9.68. The normalized spacial score (nSPS) is 38.0. The number of ether oxygens (including phenoxy) is 2. The van der Waals surface area contributed by atoms with Crippen LogP contribution in [-0.4, -0.2) is 42.9 Å². The Balaban J connectivity index is 1.48. The first kappa shape index (κ1) is 14.3. The fourth-order valence-corrected chi connectivity index (χ4v) is 3.37. The lowest BCUT2D eigenvalue weighted by atomic mass is 9.96. The zero-order chi connectivity index (χ0) is 14.0. The number of rotatable bonds is 6. The summed E-state index contributed by atoms with van der Waals surface area (Å²) in [5.74, 6) is -0.218. The van der Waals surface area contributed by atoms with E-state index >= 15 is 0 Å². The molecule has 0 aromatic carbocycles. The standard InChI is InChI=1S/C15H26N2O3/c16-14(18)15(17-11-4-5-11)7-6-12(9-15)20-10-13-3-1-2-8-19-13/h11-13,17H,1-10H2,(H2,16,18). The lowest BCUT2D eigenvalue weighted by Crippen LogP contribution is -2.54. The molecule has 0 spiro atoms. The Morgan fingerprint density at radius 2 is 2.15 bits per heavy atom. The molecule has 3 fully saturated rings. The lowest BCUT2D eigenvalue weighted by molar-refractivity contribution is -0.125. The van der Waals surface area contributed by atoms with Gasteiger partial charge in [-0.25, -0.2) is 0 Å². The van der Waals surface area contributed by atoms with Crippen LogP contribution in [0.15, 0.2) is 0 Å². The summed E-state index contributed by atoms with van der Waals surface area (Å²) in [5.41, 5.74) is 5.10. The molecule has 1 saturated heterocycles. The van der Waals surface area contributed by atoms with Crippen LogP contribution in [0.5, 0.6) is 0 Å². The van der Waals surface area contributed by atoms with Crippen molar-refractivity contribution < 1.29 is 14.3 Å². The molecule has 114 valence electrons. The van der Waals surface area contributed by atoms with Gasteiger partial charge in [0.1, 0.15) is 5.54 Å². The second-order valence-electron chi connectivity index (χ2n) is 6.55. The number of carbonyl (C=O) groups is 1. The number of nitrogens with one attached hydrogen (secondary N) is 1. The number of amides is 1. The van der Waals surface area contributed by atoms with Crippen molar-refractivity contribution in [3.8, 4) is 0 Å². The maximum Gasteiger partial charge on any atom is 0.237 e. The smallest absolute Gasteiger partial charge is 0.237 e. The summed E-state index contributed by atoms with van der Waals surface area (Å²) in [7, 11) is 0. The van der Waals surface area contributed by atoms with Crippen LogP contribution in [0.3, 0.4) is 0 Å². The van der Waals surface area contributed by atoms with Gasteiger partial charge in [0.2, 0.25) is 5.91 Å². The highest BCUT2D eigenvalue weighted by Crippen LogP contribution is 2.35. The zero-order valence-electron chi connectivity index (χ0n) is 12.1. The summed E-state index contributed by atoms with van der Waals surface area (Å²) in [6.07, 6.45) is 8.61. The molecule has 3 rings (SSSR count). The van der Waals surface area contributed by atoms with Crippen LogP contribution in [-0.2, 0) is 14.3 Å². The quantitative estimate of drug-likeness (QED) is 0.765. The molecule has 3 atom stereocenters. The minimum atomic E-state index is -0.529. The van der Waals surface area contributed by atoms with Crippen molar-refractivity contribution in [3.63, 3.8) is 0 Å². The van der Waals surface area contributed by atoms with E-state index in [1.165, 1.54) is 6.42 Å². The molecule has 0 radical (unpaired) electrons. The summed E-state index contributed by atoms with van der Waals surface area (Å²) in [6, 6.07) is 0.489. The molecule has 1 aliphatic heterocycles. The topological polar surface area (TPSA) is 73.6 Å². The minimum absolute atomic E-state index is 0.138. The van der Waals surface area contributed by atoms with Crippen LogP contribution in [0, 0.1) is 0 Å². The molecule has 3 unspecified atom stereocenters. The average Bonchev–Trinajstić information content (AvgIpc) is 3.16. The average molecular weight is 282 g/mol. The monoisotopic (exact) mass is 282 g/mol. The van der Waals surface area contributed by atoms with Gasteiger partial charge in [0.05, 0.1) is 18.8 Å². The third-order valence-corrected chi connectivity index (χ3v) is 4.79. The molecular formula is C15H26N2O3. The highest BCUT2D eigenvalue weighted by Gasteiger charge is 2.47. The first-order valence-corrected chi connectivity index (χ1v) is 7.99. The second-order valence-corrected chi connectivity index (χ2v) is 6.55. The molecule has 2 aliphatic carbocycles. The third-order valence-electron chi connectivity index (χ3n) is 4.79. The third kappa shape index (κ3) is 3.32. The van der Waals surface area contributed by atoms with Crippen LogP contribution in [0.4, 0.5) is 0 Å². The van der Waals surface area contributed by atoms with E-state index in [0.29, 0.717) is 19.1 Å². The SMILES string of the molecule is NC(=O)C1(NC2CC2)CCC(OCC2CCCCO2)C1. The summed E-state index contributed by atoms with van der Waals surface area (Å²) in [5, 5.41) is 3.45. The van der Waals surface area contributed by atoms with Gasteiger partial charge in [-0.05, 0) is 44.9 Å². The molecule has 1 heterocycles. The van der Waals surface area contributed by atoms with Crippen molar-refractivity contribution in [1.29, 1.82) is 0 Å². The Morgan fingerprint density at radius 3 is 2.80 bits per heavy atom. The van der Waals surface area contributed by atoms with Crippen LogP contribution in [0.1, 0.15) is 51.4 Å². The fourth-order valence-electron chi connectivity index (χ4n) is 3.37.